The first kappa shape index (κ1) is 16.3. The second-order valence-electron chi connectivity index (χ2n) is 4.55. The topological polar surface area (TPSA) is 54.0 Å². The summed E-state index contributed by atoms with van der Waals surface area (Å²) >= 11 is 1.36. The Morgan fingerprint density at radius 3 is 2.59 bits per heavy atom. The van der Waals surface area contributed by atoms with Crippen molar-refractivity contribution in [2.75, 3.05) is 18.4 Å². The Hall–Kier alpha value is -2.09. The highest BCUT2D eigenvalue weighted by molar-refractivity contribution is 7.12. The van der Waals surface area contributed by atoms with E-state index < -0.39 is 11.7 Å². The number of hydrogen-bond donors (Lipinski definition) is 2. The molecule has 0 saturated heterocycles. The number of anilines is 1. The molecule has 0 bridgehead atoms. The van der Waals surface area contributed by atoms with Crippen LogP contribution in [0.5, 0.6) is 0 Å². The molecule has 2 rings (SSSR count). The van der Waals surface area contributed by atoms with Gasteiger partial charge in [-0.15, -0.1) is 11.3 Å². The summed E-state index contributed by atoms with van der Waals surface area (Å²) in [5.41, 5.74) is 0.124. The molecule has 0 saturated carbocycles. The number of halogens is 3. The number of hydrogen-bond acceptors (Lipinski definition) is 4. The number of carbonyl (C=O) groups excluding carboxylic acids is 1. The zero-order valence-corrected chi connectivity index (χ0v) is 12.5. The molecule has 22 heavy (non-hydrogen) atoms. The van der Waals surface area contributed by atoms with Crippen LogP contribution >= 0.6 is 11.3 Å². The highest BCUT2D eigenvalue weighted by Crippen LogP contribution is 2.28. The molecule has 0 unspecified atom stereocenters. The molecule has 2 aromatic rings. The maximum absolute atomic E-state index is 12.4. The van der Waals surface area contributed by atoms with Crippen molar-refractivity contribution in [2.45, 2.75) is 13.1 Å². The first-order chi connectivity index (χ1) is 10.4. The van der Waals surface area contributed by atoms with E-state index in [1.54, 1.807) is 0 Å². The standard InChI is InChI=1S/C14H14F3N3OS/c1-9-4-7-22-12(9)13(21)19-6-5-18-11-3-2-10(8-20-11)14(15,16)17/h2-4,7-8H,5-6H2,1H3,(H,18,20)(H,19,21). The van der Waals surface area contributed by atoms with Gasteiger partial charge in [0, 0.05) is 19.3 Å². The van der Waals surface area contributed by atoms with Crippen LogP contribution in [0.15, 0.2) is 29.8 Å². The first-order valence-corrected chi connectivity index (χ1v) is 7.35. The highest BCUT2D eigenvalue weighted by atomic mass is 32.1. The van der Waals surface area contributed by atoms with Crippen LogP contribution in [0.1, 0.15) is 20.8 Å². The van der Waals surface area contributed by atoms with Gasteiger partial charge in [-0.2, -0.15) is 13.2 Å². The fraction of sp³-hybridized carbons (Fsp3) is 0.286. The maximum atomic E-state index is 12.4. The predicted octanol–water partition coefficient (Wildman–Crippen LogP) is 3.31. The number of amides is 1. The molecule has 0 aliphatic heterocycles. The van der Waals surface area contributed by atoms with E-state index in [4.69, 9.17) is 0 Å². The number of pyridine rings is 1. The molecule has 0 aromatic carbocycles. The first-order valence-electron chi connectivity index (χ1n) is 6.47. The van der Waals surface area contributed by atoms with Crippen LogP contribution in [0, 0.1) is 6.92 Å². The van der Waals surface area contributed by atoms with E-state index in [1.807, 2.05) is 18.4 Å². The van der Waals surface area contributed by atoms with Gasteiger partial charge in [0.05, 0.1) is 10.4 Å². The second kappa shape index (κ2) is 6.78. The van der Waals surface area contributed by atoms with E-state index in [2.05, 4.69) is 15.6 Å². The average Bonchev–Trinajstić information content (AvgIpc) is 2.89. The predicted molar refractivity (Wildman–Crippen MR) is 79.1 cm³/mol. The third kappa shape index (κ3) is 4.20. The molecule has 2 heterocycles. The van der Waals surface area contributed by atoms with Gasteiger partial charge in [-0.25, -0.2) is 4.98 Å². The molecule has 0 spiro atoms. The van der Waals surface area contributed by atoms with Crippen LogP contribution in [0.25, 0.3) is 0 Å². The van der Waals surface area contributed by atoms with Crippen molar-refractivity contribution in [3.63, 3.8) is 0 Å². The summed E-state index contributed by atoms with van der Waals surface area (Å²) in [5.74, 6) is 0.171. The van der Waals surface area contributed by atoms with Crippen molar-refractivity contribution in [1.29, 1.82) is 0 Å². The average molecular weight is 329 g/mol. The molecule has 2 aromatic heterocycles. The Balaban J connectivity index is 1.77. The lowest BCUT2D eigenvalue weighted by Crippen LogP contribution is -2.28. The van der Waals surface area contributed by atoms with Crippen LogP contribution in [0.4, 0.5) is 19.0 Å². The summed E-state index contributed by atoms with van der Waals surface area (Å²) < 4.78 is 37.1. The Kier molecular flexibility index (Phi) is 5.02. The van der Waals surface area contributed by atoms with Crippen LogP contribution in [-0.2, 0) is 6.18 Å². The second-order valence-corrected chi connectivity index (χ2v) is 5.46. The summed E-state index contributed by atoms with van der Waals surface area (Å²) in [6.45, 7) is 2.57. The van der Waals surface area contributed by atoms with Crippen molar-refractivity contribution in [3.05, 3.63) is 45.8 Å². The fourth-order valence-electron chi connectivity index (χ4n) is 1.72. The molecular weight excluding hydrogens is 315 g/mol. The van der Waals surface area contributed by atoms with Crippen molar-refractivity contribution in [3.8, 4) is 0 Å². The van der Waals surface area contributed by atoms with Crippen molar-refractivity contribution in [1.82, 2.24) is 10.3 Å². The summed E-state index contributed by atoms with van der Waals surface area (Å²) in [4.78, 5) is 16.2. The normalized spacial score (nSPS) is 11.3. The zero-order valence-electron chi connectivity index (χ0n) is 11.7. The molecule has 0 atom stereocenters. The minimum atomic E-state index is -4.39. The molecule has 2 N–H and O–H groups in total. The third-order valence-electron chi connectivity index (χ3n) is 2.88. The molecular formula is C14H14F3N3OS. The van der Waals surface area contributed by atoms with E-state index in [9.17, 15) is 18.0 Å². The SMILES string of the molecule is Cc1ccsc1C(=O)NCCNc1ccc(C(F)(F)F)cn1. The van der Waals surface area contributed by atoms with Crippen molar-refractivity contribution >= 4 is 23.1 Å². The molecule has 0 aliphatic rings. The Morgan fingerprint density at radius 1 is 1.27 bits per heavy atom. The van der Waals surface area contributed by atoms with Gasteiger partial charge in [-0.05, 0) is 36.1 Å². The molecule has 0 fully saturated rings. The third-order valence-corrected chi connectivity index (χ3v) is 3.89. The Morgan fingerprint density at radius 2 is 2.05 bits per heavy atom. The maximum Gasteiger partial charge on any atom is 0.417 e. The van der Waals surface area contributed by atoms with E-state index in [0.717, 1.165) is 17.8 Å². The van der Waals surface area contributed by atoms with Crippen LogP contribution in [0.2, 0.25) is 0 Å². The number of rotatable bonds is 5. The molecule has 8 heteroatoms. The summed E-state index contributed by atoms with van der Waals surface area (Å²) in [5, 5.41) is 7.42. The zero-order chi connectivity index (χ0) is 16.2. The molecule has 118 valence electrons. The molecule has 1 amide bonds. The van der Waals surface area contributed by atoms with Gasteiger partial charge in [0.2, 0.25) is 0 Å². The lowest BCUT2D eigenvalue weighted by Gasteiger charge is -2.09. The fourth-order valence-corrected chi connectivity index (χ4v) is 2.56. The molecule has 0 radical (unpaired) electrons. The number of aromatic nitrogens is 1. The quantitative estimate of drug-likeness (QED) is 0.828. The van der Waals surface area contributed by atoms with Gasteiger partial charge in [0.25, 0.3) is 5.91 Å². The van der Waals surface area contributed by atoms with Crippen molar-refractivity contribution in [2.24, 2.45) is 0 Å². The van der Waals surface area contributed by atoms with Crippen LogP contribution in [0.3, 0.4) is 0 Å². The van der Waals surface area contributed by atoms with Gasteiger partial charge in [-0.3, -0.25) is 4.79 Å². The van der Waals surface area contributed by atoms with Crippen LogP contribution in [-0.4, -0.2) is 24.0 Å². The number of alkyl halides is 3. The summed E-state index contributed by atoms with van der Waals surface area (Å²) in [6.07, 6.45) is -3.62. The van der Waals surface area contributed by atoms with Gasteiger partial charge in [0.15, 0.2) is 0 Å². The summed E-state index contributed by atoms with van der Waals surface area (Å²) in [7, 11) is 0. The van der Waals surface area contributed by atoms with Gasteiger partial charge in [0.1, 0.15) is 5.82 Å². The van der Waals surface area contributed by atoms with Gasteiger partial charge < -0.3 is 10.6 Å². The number of carbonyl (C=O) groups is 1. The Labute approximate surface area is 129 Å². The largest absolute Gasteiger partial charge is 0.417 e. The molecule has 0 aliphatic carbocycles. The van der Waals surface area contributed by atoms with E-state index in [1.165, 1.54) is 17.4 Å². The smallest absolute Gasteiger partial charge is 0.368 e. The minimum absolute atomic E-state index is 0.158. The lowest BCUT2D eigenvalue weighted by molar-refractivity contribution is -0.137. The highest BCUT2D eigenvalue weighted by Gasteiger charge is 2.30. The van der Waals surface area contributed by atoms with Gasteiger partial charge >= 0.3 is 6.18 Å². The molecule has 4 nitrogen and oxygen atoms in total. The number of thiophene rings is 1. The lowest BCUT2D eigenvalue weighted by atomic mass is 10.3. The van der Waals surface area contributed by atoms with Crippen molar-refractivity contribution < 1.29 is 18.0 Å². The number of aryl methyl sites for hydroxylation is 1. The van der Waals surface area contributed by atoms with Gasteiger partial charge in [-0.1, -0.05) is 0 Å². The van der Waals surface area contributed by atoms with Crippen LogP contribution < -0.4 is 10.6 Å². The van der Waals surface area contributed by atoms with E-state index >= 15 is 0 Å². The monoisotopic (exact) mass is 329 g/mol. The minimum Gasteiger partial charge on any atom is -0.368 e. The number of nitrogens with zero attached hydrogens (tertiary/aromatic N) is 1. The van der Waals surface area contributed by atoms with E-state index in [-0.39, 0.29) is 5.91 Å². The summed E-state index contributed by atoms with van der Waals surface area (Å²) in [6, 6.07) is 4.08. The Bertz CT molecular complexity index is 638. The van der Waals surface area contributed by atoms with E-state index in [0.29, 0.717) is 23.8 Å². The number of nitrogens with one attached hydrogen (secondary N) is 2.